The first-order chi connectivity index (χ1) is 15.0. The van der Waals surface area contributed by atoms with Crippen molar-refractivity contribution in [3.63, 3.8) is 0 Å². The number of aromatic hydroxyl groups is 1. The molecule has 0 aliphatic carbocycles. The van der Waals surface area contributed by atoms with Crippen LogP contribution in [0.25, 0.3) is 0 Å². The molecule has 0 spiro atoms. The number of phenolic OH excluding ortho intramolecular Hbond substituents is 1. The summed E-state index contributed by atoms with van der Waals surface area (Å²) in [4.78, 5) is 4.77. The summed E-state index contributed by atoms with van der Waals surface area (Å²) in [7, 11) is 0. The van der Waals surface area contributed by atoms with Crippen LogP contribution in [0.3, 0.4) is 0 Å². The molecule has 0 radical (unpaired) electrons. The van der Waals surface area contributed by atoms with E-state index in [0.29, 0.717) is 34.2 Å². The third kappa shape index (κ3) is 3.83. The van der Waals surface area contributed by atoms with Gasteiger partial charge in [0, 0.05) is 34.3 Å². The van der Waals surface area contributed by atoms with Crippen LogP contribution in [-0.4, -0.2) is 17.6 Å². The third-order valence-electron chi connectivity index (χ3n) is 5.39. The third-order valence-corrected chi connectivity index (χ3v) is 5.95. The molecule has 0 saturated heterocycles. The van der Waals surface area contributed by atoms with Gasteiger partial charge in [0.25, 0.3) is 0 Å². The molecule has 0 fully saturated rings. The molecule has 5 nitrogen and oxygen atoms in total. The number of nitrogens with one attached hydrogen (secondary N) is 1. The maximum Gasteiger partial charge on any atom is 0.231 e. The lowest BCUT2D eigenvalue weighted by Gasteiger charge is -2.31. The van der Waals surface area contributed by atoms with Crippen LogP contribution >= 0.6 is 23.2 Å². The minimum absolute atomic E-state index is 0.0900. The number of hydrogen-bond donors (Lipinski definition) is 2. The predicted octanol–water partition coefficient (Wildman–Crippen LogP) is 5.79. The highest BCUT2D eigenvalue weighted by molar-refractivity contribution is 6.31. The van der Waals surface area contributed by atoms with Gasteiger partial charge in [-0.15, -0.1) is 0 Å². The minimum atomic E-state index is -0.758. The molecule has 158 valence electrons. The zero-order chi connectivity index (χ0) is 21.5. The molecule has 3 aromatic carbocycles. The number of phenols is 1. The van der Waals surface area contributed by atoms with E-state index in [1.54, 1.807) is 24.3 Å². The van der Waals surface area contributed by atoms with Gasteiger partial charge in [-0.3, -0.25) is 10.3 Å². The van der Waals surface area contributed by atoms with Crippen molar-refractivity contribution in [2.75, 3.05) is 6.79 Å². The van der Waals surface area contributed by atoms with Crippen molar-refractivity contribution in [3.8, 4) is 17.2 Å². The zero-order valence-electron chi connectivity index (χ0n) is 16.1. The van der Waals surface area contributed by atoms with Gasteiger partial charge in [-0.1, -0.05) is 29.3 Å². The fourth-order valence-corrected chi connectivity index (χ4v) is 4.33. The van der Waals surface area contributed by atoms with Gasteiger partial charge in [0.2, 0.25) is 6.79 Å². The van der Waals surface area contributed by atoms with Gasteiger partial charge in [0.15, 0.2) is 11.5 Å². The van der Waals surface area contributed by atoms with Crippen LogP contribution in [0.4, 0.5) is 4.39 Å². The van der Waals surface area contributed by atoms with Gasteiger partial charge in [-0.05, 0) is 54.1 Å². The standard InChI is InChI=1S/C23H17Cl2FN2O3/c24-13-5-6-19(29)14(9-13)18-10-17(12-4-7-20-21(8-12)31-11-30-20)27-23(28-18)22-15(25)2-1-3-16(22)26/h1-9,18,23,28-29H,10-11H2. The van der Waals surface area contributed by atoms with Gasteiger partial charge in [0.05, 0.1) is 5.02 Å². The molecule has 31 heavy (non-hydrogen) atoms. The van der Waals surface area contributed by atoms with Gasteiger partial charge >= 0.3 is 0 Å². The highest BCUT2D eigenvalue weighted by atomic mass is 35.5. The van der Waals surface area contributed by atoms with Crippen molar-refractivity contribution in [1.82, 2.24) is 5.32 Å². The van der Waals surface area contributed by atoms with E-state index in [9.17, 15) is 9.50 Å². The number of rotatable bonds is 3. The molecule has 0 saturated carbocycles. The van der Waals surface area contributed by atoms with Crippen molar-refractivity contribution >= 4 is 28.9 Å². The summed E-state index contributed by atoms with van der Waals surface area (Å²) in [6.45, 7) is 0.166. The largest absolute Gasteiger partial charge is 0.508 e. The van der Waals surface area contributed by atoms with Crippen molar-refractivity contribution < 1.29 is 19.0 Å². The summed E-state index contributed by atoms with van der Waals surface area (Å²) in [6.07, 6.45) is -0.318. The molecule has 0 bridgehead atoms. The van der Waals surface area contributed by atoms with E-state index in [4.69, 9.17) is 37.7 Å². The van der Waals surface area contributed by atoms with Crippen molar-refractivity contribution in [1.29, 1.82) is 0 Å². The van der Waals surface area contributed by atoms with Crippen molar-refractivity contribution in [3.05, 3.63) is 87.2 Å². The highest BCUT2D eigenvalue weighted by Crippen LogP contribution is 2.39. The Balaban J connectivity index is 1.61. The molecule has 0 amide bonds. The first-order valence-electron chi connectivity index (χ1n) is 9.64. The first-order valence-corrected chi connectivity index (χ1v) is 10.4. The predicted molar refractivity (Wildman–Crippen MR) is 117 cm³/mol. The summed E-state index contributed by atoms with van der Waals surface area (Å²) in [6, 6.07) is 14.5. The quantitative estimate of drug-likeness (QED) is 0.521. The number of halogens is 3. The lowest BCUT2D eigenvalue weighted by molar-refractivity contribution is 0.174. The van der Waals surface area contributed by atoms with Crippen LogP contribution in [-0.2, 0) is 0 Å². The van der Waals surface area contributed by atoms with E-state index >= 15 is 0 Å². The second-order valence-corrected chi connectivity index (χ2v) is 8.15. The summed E-state index contributed by atoms with van der Waals surface area (Å²) in [5, 5.41) is 14.5. The van der Waals surface area contributed by atoms with Crippen LogP contribution < -0.4 is 14.8 Å². The monoisotopic (exact) mass is 458 g/mol. The summed E-state index contributed by atoms with van der Waals surface area (Å²) < 4.78 is 25.6. The Morgan fingerprint density at radius 3 is 2.71 bits per heavy atom. The summed E-state index contributed by atoms with van der Waals surface area (Å²) in [5.41, 5.74) is 2.37. The first kappa shape index (κ1) is 20.1. The van der Waals surface area contributed by atoms with E-state index in [0.717, 1.165) is 5.56 Å². The van der Waals surface area contributed by atoms with Crippen LogP contribution in [0.15, 0.2) is 59.6 Å². The molecule has 0 aromatic heterocycles. The van der Waals surface area contributed by atoms with Crippen LogP contribution in [0, 0.1) is 5.82 Å². The van der Waals surface area contributed by atoms with Gasteiger partial charge in [-0.2, -0.15) is 0 Å². The Hall–Kier alpha value is -2.80. The molecule has 5 rings (SSSR count). The Kier molecular flexibility index (Phi) is 5.22. The van der Waals surface area contributed by atoms with Crippen LogP contribution in [0.5, 0.6) is 17.2 Å². The van der Waals surface area contributed by atoms with Crippen LogP contribution in [0.1, 0.15) is 35.3 Å². The van der Waals surface area contributed by atoms with Gasteiger partial charge in [-0.25, -0.2) is 4.39 Å². The number of fused-ring (bicyclic) bond motifs is 1. The molecule has 2 aliphatic rings. The van der Waals surface area contributed by atoms with E-state index in [2.05, 4.69) is 5.32 Å². The number of benzene rings is 3. The minimum Gasteiger partial charge on any atom is -0.508 e. The number of hydrogen-bond acceptors (Lipinski definition) is 5. The normalized spacial score (nSPS) is 19.9. The van der Waals surface area contributed by atoms with Gasteiger partial charge in [0.1, 0.15) is 17.7 Å². The Morgan fingerprint density at radius 1 is 1.03 bits per heavy atom. The molecule has 2 unspecified atom stereocenters. The van der Waals surface area contributed by atoms with Crippen molar-refractivity contribution in [2.24, 2.45) is 4.99 Å². The number of ether oxygens (including phenoxy) is 2. The molecular weight excluding hydrogens is 442 g/mol. The molecule has 2 atom stereocenters. The van der Waals surface area contributed by atoms with Gasteiger partial charge < -0.3 is 14.6 Å². The Labute approximate surface area is 188 Å². The zero-order valence-corrected chi connectivity index (χ0v) is 17.6. The average Bonchev–Trinajstić information content (AvgIpc) is 3.23. The van der Waals surface area contributed by atoms with Crippen LogP contribution in [0.2, 0.25) is 10.0 Å². The second kappa shape index (κ2) is 8.04. The lowest BCUT2D eigenvalue weighted by Crippen LogP contribution is -2.33. The number of nitrogens with zero attached hydrogens (tertiary/aromatic N) is 1. The fraction of sp³-hybridized carbons (Fsp3) is 0.174. The maximum atomic E-state index is 14.7. The maximum absolute atomic E-state index is 14.7. The van der Waals surface area contributed by atoms with E-state index in [1.165, 1.54) is 12.1 Å². The fourth-order valence-electron chi connectivity index (χ4n) is 3.88. The molecule has 2 N–H and O–H groups in total. The van der Waals surface area contributed by atoms with E-state index in [1.807, 2.05) is 18.2 Å². The lowest BCUT2D eigenvalue weighted by atomic mass is 9.93. The van der Waals surface area contributed by atoms with E-state index < -0.39 is 12.0 Å². The molecule has 2 aliphatic heterocycles. The van der Waals surface area contributed by atoms with Crippen molar-refractivity contribution in [2.45, 2.75) is 18.6 Å². The number of aliphatic imine (C=N–C) groups is 1. The SMILES string of the molecule is Oc1ccc(Cl)cc1C1CC(c2ccc3c(c2)OCO3)=NC(c2c(F)cccc2Cl)N1. The second-order valence-electron chi connectivity index (χ2n) is 7.31. The topological polar surface area (TPSA) is 63.1 Å². The average molecular weight is 459 g/mol. The molecule has 3 aromatic rings. The molecular formula is C23H17Cl2FN2O3. The molecule has 2 heterocycles. The Morgan fingerprint density at radius 2 is 1.87 bits per heavy atom. The molecule has 8 heteroatoms. The Bertz CT molecular complexity index is 1180. The summed E-state index contributed by atoms with van der Waals surface area (Å²) in [5.74, 6) is 0.916. The summed E-state index contributed by atoms with van der Waals surface area (Å²) >= 11 is 12.5. The van der Waals surface area contributed by atoms with E-state index in [-0.39, 0.29) is 29.2 Å². The highest BCUT2D eigenvalue weighted by Gasteiger charge is 2.31. The smallest absolute Gasteiger partial charge is 0.231 e.